The highest BCUT2D eigenvalue weighted by atomic mass is 16.1. The van der Waals surface area contributed by atoms with Gasteiger partial charge in [-0.25, -0.2) is 0 Å². The second-order valence-electron chi connectivity index (χ2n) is 8.15. The zero-order chi connectivity index (χ0) is 19.3. The number of likely N-dealkylation sites (tertiary alicyclic amines) is 1. The van der Waals surface area contributed by atoms with Crippen molar-refractivity contribution < 1.29 is 4.79 Å². The first kappa shape index (κ1) is 18.9. The summed E-state index contributed by atoms with van der Waals surface area (Å²) < 4.78 is 0. The molecule has 2 heterocycles. The number of piperidine rings is 1. The highest BCUT2D eigenvalue weighted by Gasteiger charge is 2.36. The molecule has 1 saturated heterocycles. The van der Waals surface area contributed by atoms with E-state index in [0.717, 1.165) is 50.7 Å². The third-order valence-electron chi connectivity index (χ3n) is 6.30. The molecule has 4 heteroatoms. The van der Waals surface area contributed by atoms with Crippen molar-refractivity contribution in [2.75, 3.05) is 25.5 Å². The summed E-state index contributed by atoms with van der Waals surface area (Å²) in [6.45, 7) is 2.22. The number of nitrogens with one attached hydrogen (secondary N) is 1. The van der Waals surface area contributed by atoms with Crippen molar-refractivity contribution in [3.63, 3.8) is 0 Å². The molecule has 2 aromatic rings. The standard InChI is InChI=1S/C24H29N3O/c1-27-13-11-23-22(18-6-3-2-4-7-18)10-9-19(24(23)16-27)14-21(17-28)26-20-8-5-12-25-15-20/h2-8,12,15,17,19,21,24,26H,9-11,13-14,16H2,1H3. The number of fused-ring (bicyclic) bond motifs is 1. The first-order valence-electron chi connectivity index (χ1n) is 10.3. The fourth-order valence-corrected chi connectivity index (χ4v) is 4.92. The quantitative estimate of drug-likeness (QED) is 0.766. The topological polar surface area (TPSA) is 45.2 Å². The first-order chi connectivity index (χ1) is 13.7. The number of carbonyl (C=O) groups is 1. The van der Waals surface area contributed by atoms with Gasteiger partial charge in [0, 0.05) is 25.5 Å². The summed E-state index contributed by atoms with van der Waals surface area (Å²) in [5.41, 5.74) is 5.48. The summed E-state index contributed by atoms with van der Waals surface area (Å²) in [6.07, 6.45) is 8.88. The van der Waals surface area contributed by atoms with Gasteiger partial charge in [0.1, 0.15) is 6.29 Å². The molecule has 0 spiro atoms. The SMILES string of the molecule is CN1CCC2=C(c3ccccc3)CCC(CC(C=O)Nc3cccnc3)C2C1. The molecule has 1 N–H and O–H groups in total. The summed E-state index contributed by atoms with van der Waals surface area (Å²) in [7, 11) is 2.22. The van der Waals surface area contributed by atoms with E-state index in [4.69, 9.17) is 0 Å². The molecular formula is C24H29N3O. The van der Waals surface area contributed by atoms with E-state index in [1.807, 2.05) is 12.1 Å². The molecule has 1 aromatic carbocycles. The van der Waals surface area contributed by atoms with Crippen LogP contribution in [0.25, 0.3) is 5.57 Å². The van der Waals surface area contributed by atoms with Gasteiger partial charge < -0.3 is 15.0 Å². The molecule has 0 amide bonds. The number of allylic oxidation sites excluding steroid dienone is 1. The van der Waals surface area contributed by atoms with E-state index in [-0.39, 0.29) is 6.04 Å². The van der Waals surface area contributed by atoms with Crippen LogP contribution in [0.3, 0.4) is 0 Å². The van der Waals surface area contributed by atoms with Gasteiger partial charge in [0.05, 0.1) is 11.7 Å². The molecule has 0 saturated carbocycles. The molecule has 1 aromatic heterocycles. The summed E-state index contributed by atoms with van der Waals surface area (Å²) in [5, 5.41) is 3.37. The van der Waals surface area contributed by atoms with Crippen molar-refractivity contribution in [2.45, 2.75) is 31.7 Å². The van der Waals surface area contributed by atoms with Crippen LogP contribution in [0.1, 0.15) is 31.2 Å². The average molecular weight is 376 g/mol. The van der Waals surface area contributed by atoms with Gasteiger partial charge in [-0.3, -0.25) is 4.98 Å². The van der Waals surface area contributed by atoms with Crippen LogP contribution in [0.2, 0.25) is 0 Å². The Hall–Kier alpha value is -2.46. The van der Waals surface area contributed by atoms with Gasteiger partial charge in [-0.1, -0.05) is 35.9 Å². The average Bonchev–Trinajstić information content (AvgIpc) is 2.74. The van der Waals surface area contributed by atoms with Crippen LogP contribution in [0.5, 0.6) is 0 Å². The lowest BCUT2D eigenvalue weighted by Gasteiger charge is -2.43. The van der Waals surface area contributed by atoms with E-state index < -0.39 is 0 Å². The highest BCUT2D eigenvalue weighted by molar-refractivity contribution is 5.70. The predicted molar refractivity (Wildman–Crippen MR) is 114 cm³/mol. The third kappa shape index (κ3) is 4.17. The molecule has 0 radical (unpaired) electrons. The van der Waals surface area contributed by atoms with Gasteiger partial charge in [-0.15, -0.1) is 0 Å². The van der Waals surface area contributed by atoms with Crippen LogP contribution < -0.4 is 5.32 Å². The van der Waals surface area contributed by atoms with Gasteiger partial charge in [-0.05, 0) is 67.8 Å². The minimum atomic E-state index is -0.166. The Morgan fingerprint density at radius 1 is 1.21 bits per heavy atom. The van der Waals surface area contributed by atoms with Crippen LogP contribution in [0, 0.1) is 11.8 Å². The zero-order valence-corrected chi connectivity index (χ0v) is 16.6. The Labute approximate surface area is 167 Å². The maximum absolute atomic E-state index is 11.8. The van der Waals surface area contributed by atoms with E-state index in [2.05, 4.69) is 52.6 Å². The molecule has 3 unspecified atom stereocenters. The van der Waals surface area contributed by atoms with Gasteiger partial charge in [0.15, 0.2) is 0 Å². The highest BCUT2D eigenvalue weighted by Crippen LogP contribution is 2.44. The number of anilines is 1. The molecule has 1 fully saturated rings. The maximum atomic E-state index is 11.8. The van der Waals surface area contributed by atoms with Crippen LogP contribution in [-0.4, -0.2) is 42.3 Å². The van der Waals surface area contributed by atoms with Crippen molar-refractivity contribution in [3.8, 4) is 0 Å². The Bertz CT molecular complexity index is 818. The lowest BCUT2D eigenvalue weighted by Crippen LogP contribution is -2.41. The normalized spacial score (nSPS) is 23.8. The summed E-state index contributed by atoms with van der Waals surface area (Å²) >= 11 is 0. The van der Waals surface area contributed by atoms with Crippen molar-refractivity contribution in [3.05, 3.63) is 66.0 Å². The smallest absolute Gasteiger partial charge is 0.142 e. The number of hydrogen-bond donors (Lipinski definition) is 1. The number of pyridine rings is 1. The monoisotopic (exact) mass is 375 g/mol. The van der Waals surface area contributed by atoms with Gasteiger partial charge in [-0.2, -0.15) is 0 Å². The number of benzene rings is 1. The molecule has 3 atom stereocenters. The van der Waals surface area contributed by atoms with E-state index in [0.29, 0.717) is 11.8 Å². The molecule has 0 bridgehead atoms. The summed E-state index contributed by atoms with van der Waals surface area (Å²) in [6, 6.07) is 14.6. The van der Waals surface area contributed by atoms with Crippen LogP contribution in [-0.2, 0) is 4.79 Å². The summed E-state index contributed by atoms with van der Waals surface area (Å²) in [4.78, 5) is 18.4. The fourth-order valence-electron chi connectivity index (χ4n) is 4.92. The lowest BCUT2D eigenvalue weighted by molar-refractivity contribution is -0.108. The van der Waals surface area contributed by atoms with E-state index in [9.17, 15) is 4.79 Å². The largest absolute Gasteiger partial charge is 0.374 e. The zero-order valence-electron chi connectivity index (χ0n) is 16.6. The van der Waals surface area contributed by atoms with Crippen molar-refractivity contribution in [1.82, 2.24) is 9.88 Å². The number of aromatic nitrogens is 1. The Morgan fingerprint density at radius 3 is 2.82 bits per heavy atom. The molecule has 4 nitrogen and oxygen atoms in total. The molecule has 1 aliphatic carbocycles. The lowest BCUT2D eigenvalue weighted by atomic mass is 9.69. The number of rotatable bonds is 6. The van der Waals surface area contributed by atoms with Gasteiger partial charge in [0.25, 0.3) is 0 Å². The minimum Gasteiger partial charge on any atom is -0.374 e. The number of nitrogens with zero attached hydrogens (tertiary/aromatic N) is 2. The van der Waals surface area contributed by atoms with Crippen molar-refractivity contribution >= 4 is 17.5 Å². The van der Waals surface area contributed by atoms with Gasteiger partial charge in [0.2, 0.25) is 0 Å². The van der Waals surface area contributed by atoms with Crippen LogP contribution in [0.4, 0.5) is 5.69 Å². The fraction of sp³-hybridized carbons (Fsp3) is 0.417. The molecule has 2 aliphatic rings. The van der Waals surface area contributed by atoms with Crippen molar-refractivity contribution in [1.29, 1.82) is 0 Å². The van der Waals surface area contributed by atoms with E-state index in [1.165, 1.54) is 5.56 Å². The number of aldehydes is 1. The number of carbonyl (C=O) groups excluding carboxylic acids is 1. The second-order valence-corrected chi connectivity index (χ2v) is 8.15. The molecule has 28 heavy (non-hydrogen) atoms. The maximum Gasteiger partial charge on any atom is 0.142 e. The Balaban J connectivity index is 1.55. The Morgan fingerprint density at radius 2 is 2.07 bits per heavy atom. The summed E-state index contributed by atoms with van der Waals surface area (Å²) in [5.74, 6) is 1.07. The predicted octanol–water partition coefficient (Wildman–Crippen LogP) is 4.27. The van der Waals surface area contributed by atoms with Crippen LogP contribution in [0.15, 0.2) is 60.4 Å². The van der Waals surface area contributed by atoms with E-state index >= 15 is 0 Å². The van der Waals surface area contributed by atoms with Crippen LogP contribution >= 0.6 is 0 Å². The molecular weight excluding hydrogens is 346 g/mol. The minimum absolute atomic E-state index is 0.166. The molecule has 1 aliphatic heterocycles. The molecule has 146 valence electrons. The van der Waals surface area contributed by atoms with E-state index in [1.54, 1.807) is 23.5 Å². The second kappa shape index (κ2) is 8.70. The number of hydrogen-bond acceptors (Lipinski definition) is 4. The first-order valence-corrected chi connectivity index (χ1v) is 10.3. The van der Waals surface area contributed by atoms with Crippen molar-refractivity contribution in [2.24, 2.45) is 11.8 Å². The third-order valence-corrected chi connectivity index (χ3v) is 6.30. The molecule has 4 rings (SSSR count). The Kier molecular flexibility index (Phi) is 5.87. The van der Waals surface area contributed by atoms with Gasteiger partial charge >= 0.3 is 0 Å².